The summed E-state index contributed by atoms with van der Waals surface area (Å²) in [5.74, 6) is 3.10. The molecule has 0 unspecified atom stereocenters. The van der Waals surface area contributed by atoms with Gasteiger partial charge in [0, 0.05) is 13.1 Å². The van der Waals surface area contributed by atoms with Gasteiger partial charge in [-0.3, -0.25) is 9.69 Å². The maximum Gasteiger partial charge on any atom is 0.234 e. The van der Waals surface area contributed by atoms with Gasteiger partial charge >= 0.3 is 0 Å². The summed E-state index contributed by atoms with van der Waals surface area (Å²) < 4.78 is 7.21. The number of aromatic nitrogens is 3. The van der Waals surface area contributed by atoms with E-state index < -0.39 is 0 Å². The predicted molar refractivity (Wildman–Crippen MR) is 89.2 cm³/mol. The summed E-state index contributed by atoms with van der Waals surface area (Å²) >= 11 is 0. The highest BCUT2D eigenvalue weighted by Crippen LogP contribution is 2.18. The number of likely N-dealkylation sites (tertiary alicyclic amines) is 1. The van der Waals surface area contributed by atoms with Crippen LogP contribution in [0.5, 0.6) is 0 Å². The van der Waals surface area contributed by atoms with E-state index in [2.05, 4.69) is 20.3 Å². The first kappa shape index (κ1) is 16.7. The molecule has 0 bridgehead atoms. The van der Waals surface area contributed by atoms with Gasteiger partial charge in [-0.15, -0.1) is 0 Å². The van der Waals surface area contributed by atoms with E-state index in [9.17, 15) is 4.79 Å². The molecule has 1 saturated heterocycles. The third-order valence-corrected chi connectivity index (χ3v) is 4.40. The normalized spacial score (nSPS) is 18.7. The number of carbonyl (C=O) groups excluding carboxylic acids is 1. The van der Waals surface area contributed by atoms with E-state index in [-0.39, 0.29) is 5.91 Å². The average Bonchev–Trinajstić information content (AvgIpc) is 3.16. The van der Waals surface area contributed by atoms with E-state index >= 15 is 0 Å². The summed E-state index contributed by atoms with van der Waals surface area (Å²) in [5, 5.41) is 7.35. The first-order valence-electron chi connectivity index (χ1n) is 8.49. The van der Waals surface area contributed by atoms with Crippen LogP contribution in [0.25, 0.3) is 0 Å². The molecule has 7 nitrogen and oxygen atoms in total. The van der Waals surface area contributed by atoms with Crippen LogP contribution >= 0.6 is 0 Å². The molecular weight excluding hydrogens is 306 g/mol. The van der Waals surface area contributed by atoms with Gasteiger partial charge in [0.15, 0.2) is 0 Å². The molecule has 0 radical (unpaired) electrons. The number of nitrogens with one attached hydrogen (secondary N) is 1. The van der Waals surface area contributed by atoms with Crippen LogP contribution in [0.3, 0.4) is 0 Å². The Morgan fingerprint density at radius 2 is 2.33 bits per heavy atom. The van der Waals surface area contributed by atoms with Gasteiger partial charge in [0.1, 0.15) is 17.4 Å². The number of rotatable bonds is 6. The molecule has 1 fully saturated rings. The highest BCUT2D eigenvalue weighted by atomic mass is 16.3. The summed E-state index contributed by atoms with van der Waals surface area (Å²) in [6.45, 7) is 7.56. The molecule has 0 saturated carbocycles. The van der Waals surface area contributed by atoms with Crippen molar-refractivity contribution in [1.29, 1.82) is 0 Å². The largest absolute Gasteiger partial charge is 0.467 e. The molecule has 24 heavy (non-hydrogen) atoms. The molecule has 1 amide bonds. The second-order valence-corrected chi connectivity index (χ2v) is 6.49. The molecule has 1 aliphatic rings. The van der Waals surface area contributed by atoms with Gasteiger partial charge in [-0.1, -0.05) is 0 Å². The lowest BCUT2D eigenvalue weighted by molar-refractivity contribution is -0.122. The van der Waals surface area contributed by atoms with Crippen molar-refractivity contribution in [3.8, 4) is 0 Å². The average molecular weight is 331 g/mol. The van der Waals surface area contributed by atoms with Crippen molar-refractivity contribution < 1.29 is 9.21 Å². The summed E-state index contributed by atoms with van der Waals surface area (Å²) in [6.07, 6.45) is 3.90. The number of hydrogen-bond acceptors (Lipinski definition) is 5. The third-order valence-electron chi connectivity index (χ3n) is 4.40. The number of aryl methyl sites for hydroxylation is 2. The highest BCUT2D eigenvalue weighted by Gasteiger charge is 2.22. The quantitative estimate of drug-likeness (QED) is 0.868. The van der Waals surface area contributed by atoms with Crippen LogP contribution in [-0.4, -0.2) is 45.2 Å². The van der Waals surface area contributed by atoms with Crippen molar-refractivity contribution in [1.82, 2.24) is 25.0 Å². The van der Waals surface area contributed by atoms with E-state index in [1.54, 1.807) is 6.26 Å². The monoisotopic (exact) mass is 331 g/mol. The Morgan fingerprint density at radius 3 is 3.04 bits per heavy atom. The third kappa shape index (κ3) is 4.44. The van der Waals surface area contributed by atoms with Crippen LogP contribution in [0.1, 0.15) is 30.3 Å². The second-order valence-electron chi connectivity index (χ2n) is 6.49. The summed E-state index contributed by atoms with van der Waals surface area (Å²) in [4.78, 5) is 18.7. The zero-order valence-corrected chi connectivity index (χ0v) is 14.4. The fourth-order valence-corrected chi connectivity index (χ4v) is 3.28. The van der Waals surface area contributed by atoms with Crippen LogP contribution in [0.2, 0.25) is 0 Å². The Kier molecular flexibility index (Phi) is 5.30. The van der Waals surface area contributed by atoms with Gasteiger partial charge < -0.3 is 9.73 Å². The number of furan rings is 1. The molecule has 130 valence electrons. The minimum atomic E-state index is 0.0415. The van der Waals surface area contributed by atoms with E-state index in [0.717, 1.165) is 43.5 Å². The lowest BCUT2D eigenvalue weighted by atomic mass is 9.98. The molecule has 3 rings (SSSR count). The Hall–Kier alpha value is -2.15. The number of carbonyl (C=O) groups is 1. The van der Waals surface area contributed by atoms with Gasteiger partial charge in [-0.05, 0) is 51.3 Å². The second kappa shape index (κ2) is 7.61. The molecule has 3 heterocycles. The van der Waals surface area contributed by atoms with Gasteiger partial charge in [-0.25, -0.2) is 9.67 Å². The van der Waals surface area contributed by atoms with E-state index in [1.807, 2.05) is 30.7 Å². The Labute approximate surface area is 142 Å². The van der Waals surface area contributed by atoms with Crippen molar-refractivity contribution in [3.05, 3.63) is 35.8 Å². The fourth-order valence-electron chi connectivity index (χ4n) is 3.28. The maximum atomic E-state index is 12.1. The summed E-state index contributed by atoms with van der Waals surface area (Å²) in [6, 6.07) is 3.68. The first-order chi connectivity index (χ1) is 11.6. The molecule has 1 aliphatic heterocycles. The van der Waals surface area contributed by atoms with E-state index in [4.69, 9.17) is 4.42 Å². The Balaban J connectivity index is 1.46. The van der Waals surface area contributed by atoms with E-state index in [0.29, 0.717) is 19.0 Å². The van der Waals surface area contributed by atoms with E-state index in [1.165, 1.54) is 6.42 Å². The molecule has 2 aromatic rings. The molecule has 2 aromatic heterocycles. The molecule has 1 atom stereocenters. The molecule has 0 spiro atoms. The maximum absolute atomic E-state index is 12.1. The highest BCUT2D eigenvalue weighted by molar-refractivity contribution is 5.77. The SMILES string of the molecule is Cc1nc(C)n(C[C@H]2CCCN(CC(=O)NCc3ccco3)C2)n1. The van der Waals surface area contributed by atoms with Crippen LogP contribution in [0.4, 0.5) is 0 Å². The van der Waals surface area contributed by atoms with Crippen molar-refractivity contribution >= 4 is 5.91 Å². The predicted octanol–water partition coefficient (Wildman–Crippen LogP) is 1.52. The van der Waals surface area contributed by atoms with Crippen molar-refractivity contribution in [2.75, 3.05) is 19.6 Å². The van der Waals surface area contributed by atoms with Crippen LogP contribution in [-0.2, 0) is 17.9 Å². The number of hydrogen-bond donors (Lipinski definition) is 1. The molecular formula is C17H25N5O2. The Morgan fingerprint density at radius 1 is 1.46 bits per heavy atom. The fraction of sp³-hybridized carbons (Fsp3) is 0.588. The van der Waals surface area contributed by atoms with Crippen molar-refractivity contribution in [2.45, 2.75) is 39.8 Å². The molecule has 0 aromatic carbocycles. The Bertz CT molecular complexity index is 665. The topological polar surface area (TPSA) is 76.2 Å². The minimum Gasteiger partial charge on any atom is -0.467 e. The number of amides is 1. The number of piperidine rings is 1. The van der Waals surface area contributed by atoms with Crippen molar-refractivity contribution in [3.63, 3.8) is 0 Å². The van der Waals surface area contributed by atoms with Crippen LogP contribution in [0, 0.1) is 19.8 Å². The molecule has 7 heteroatoms. The lowest BCUT2D eigenvalue weighted by Crippen LogP contribution is -2.43. The van der Waals surface area contributed by atoms with Gasteiger partial charge in [0.2, 0.25) is 5.91 Å². The zero-order valence-electron chi connectivity index (χ0n) is 14.4. The number of nitrogens with zero attached hydrogens (tertiary/aromatic N) is 4. The standard InChI is InChI=1S/C17H25N5O2/c1-13-19-14(2)22(20-13)11-15-5-3-7-21(10-15)12-17(23)18-9-16-6-4-8-24-16/h4,6,8,15H,3,5,7,9-12H2,1-2H3,(H,18,23)/t15-/m0/s1. The van der Waals surface area contributed by atoms with Gasteiger partial charge in [-0.2, -0.15) is 5.10 Å². The molecule has 0 aliphatic carbocycles. The summed E-state index contributed by atoms with van der Waals surface area (Å²) in [5.41, 5.74) is 0. The minimum absolute atomic E-state index is 0.0415. The van der Waals surface area contributed by atoms with Crippen LogP contribution in [0.15, 0.2) is 22.8 Å². The molecule has 1 N–H and O–H groups in total. The zero-order chi connectivity index (χ0) is 16.9. The lowest BCUT2D eigenvalue weighted by Gasteiger charge is -2.32. The smallest absolute Gasteiger partial charge is 0.234 e. The first-order valence-corrected chi connectivity index (χ1v) is 8.49. The van der Waals surface area contributed by atoms with Gasteiger partial charge in [0.25, 0.3) is 0 Å². The van der Waals surface area contributed by atoms with Crippen molar-refractivity contribution in [2.24, 2.45) is 5.92 Å². The van der Waals surface area contributed by atoms with Gasteiger partial charge in [0.05, 0.1) is 19.4 Å². The van der Waals surface area contributed by atoms with Crippen LogP contribution < -0.4 is 5.32 Å². The summed E-state index contributed by atoms with van der Waals surface area (Å²) in [7, 11) is 0.